The molecule has 0 heterocycles. The molecule has 0 saturated heterocycles. The summed E-state index contributed by atoms with van der Waals surface area (Å²) in [7, 11) is 0. The summed E-state index contributed by atoms with van der Waals surface area (Å²) in [6, 6.07) is 22.2. The van der Waals surface area contributed by atoms with Crippen LogP contribution in [-0.4, -0.2) is 29.8 Å². The zero-order chi connectivity index (χ0) is 25.9. The fourth-order valence-electron chi connectivity index (χ4n) is 4.20. The summed E-state index contributed by atoms with van der Waals surface area (Å²) in [5.74, 6) is -1.38. The Labute approximate surface area is 211 Å². The van der Waals surface area contributed by atoms with Crippen LogP contribution in [0.1, 0.15) is 36.8 Å². The second-order valence-electron chi connectivity index (χ2n) is 8.95. The summed E-state index contributed by atoms with van der Waals surface area (Å²) in [5, 5.41) is 8.03. The Hall–Kier alpha value is -4.13. The highest BCUT2D eigenvalue weighted by Crippen LogP contribution is 2.20. The largest absolute Gasteiger partial charge is 0.378 e. The van der Waals surface area contributed by atoms with Crippen LogP contribution in [0.5, 0.6) is 0 Å². The van der Waals surface area contributed by atoms with E-state index in [1.54, 1.807) is 0 Å². The van der Waals surface area contributed by atoms with Crippen molar-refractivity contribution < 1.29 is 14.4 Å². The molecular formula is C29H34N4O3. The Kier molecular flexibility index (Phi) is 9.63. The van der Waals surface area contributed by atoms with Crippen LogP contribution in [0.15, 0.2) is 85.1 Å². The van der Waals surface area contributed by atoms with Crippen LogP contribution in [0.25, 0.3) is 10.8 Å². The third-order valence-corrected chi connectivity index (χ3v) is 6.13. The summed E-state index contributed by atoms with van der Waals surface area (Å²) in [4.78, 5) is 36.8. The minimum absolute atomic E-state index is 0.134. The number of amides is 3. The maximum absolute atomic E-state index is 13.3. The van der Waals surface area contributed by atoms with Crippen LogP contribution in [0.2, 0.25) is 0 Å². The molecule has 0 aromatic heterocycles. The topological polar surface area (TPSA) is 127 Å². The molecule has 0 bridgehead atoms. The van der Waals surface area contributed by atoms with Gasteiger partial charge in [0.1, 0.15) is 12.1 Å². The third-order valence-electron chi connectivity index (χ3n) is 6.13. The van der Waals surface area contributed by atoms with Crippen molar-refractivity contribution >= 4 is 28.5 Å². The van der Waals surface area contributed by atoms with Crippen molar-refractivity contribution in [3.63, 3.8) is 0 Å². The Balaban J connectivity index is 1.71. The molecule has 3 amide bonds. The van der Waals surface area contributed by atoms with Crippen molar-refractivity contribution in [2.45, 2.75) is 50.6 Å². The summed E-state index contributed by atoms with van der Waals surface area (Å²) < 4.78 is 0. The number of nitrogens with two attached hydrogens (primary N) is 2. The van der Waals surface area contributed by atoms with Crippen LogP contribution in [0.3, 0.4) is 0 Å². The van der Waals surface area contributed by atoms with Crippen molar-refractivity contribution in [1.29, 1.82) is 0 Å². The van der Waals surface area contributed by atoms with Gasteiger partial charge in [-0.25, -0.2) is 0 Å². The molecule has 0 aliphatic carbocycles. The summed E-state index contributed by atoms with van der Waals surface area (Å²) in [5.41, 5.74) is 13.6. The van der Waals surface area contributed by atoms with E-state index in [4.69, 9.17) is 11.5 Å². The van der Waals surface area contributed by atoms with E-state index in [0.717, 1.165) is 29.2 Å². The van der Waals surface area contributed by atoms with Crippen LogP contribution in [0, 0.1) is 0 Å². The molecule has 3 aromatic rings. The van der Waals surface area contributed by atoms with E-state index in [1.807, 2.05) is 72.8 Å². The molecule has 36 heavy (non-hydrogen) atoms. The predicted molar refractivity (Wildman–Crippen MR) is 143 cm³/mol. The molecule has 3 aromatic carbocycles. The van der Waals surface area contributed by atoms with E-state index in [1.165, 1.54) is 5.56 Å². The summed E-state index contributed by atoms with van der Waals surface area (Å²) in [6.45, 7) is 3.94. The van der Waals surface area contributed by atoms with Gasteiger partial charge in [-0.1, -0.05) is 79.4 Å². The second-order valence-corrected chi connectivity index (χ2v) is 8.95. The number of nitrogens with one attached hydrogen (secondary N) is 2. The van der Waals surface area contributed by atoms with E-state index in [0.29, 0.717) is 18.5 Å². The lowest BCUT2D eigenvalue weighted by Crippen LogP contribution is -2.52. The van der Waals surface area contributed by atoms with Gasteiger partial charge < -0.3 is 22.1 Å². The molecule has 0 fully saturated rings. The molecule has 188 valence electrons. The normalized spacial score (nSPS) is 12.4. The number of carbonyl (C=O) groups is 3. The van der Waals surface area contributed by atoms with Crippen molar-refractivity contribution in [3.8, 4) is 0 Å². The maximum Gasteiger partial charge on any atom is 0.243 e. The molecule has 2 atom stereocenters. The molecule has 0 aliphatic heterocycles. The smallest absolute Gasteiger partial charge is 0.243 e. The first-order valence-corrected chi connectivity index (χ1v) is 12.2. The lowest BCUT2D eigenvalue weighted by Gasteiger charge is -2.24. The standard InChI is InChI=1S/C29H34N4O3/c1-20(17-18-27(30)34)32-25(16-7-11-21-9-3-2-4-10-21)29(36)33-26(28(31)35)19-23-14-8-13-22-12-5-6-15-24(22)23/h2-6,8-10,12-15,25-26,32H,1,7,11,16-19H2,(H2,30,34)(H2,31,35)(H,33,36)/t25-,26+/m1/s1. The Morgan fingerprint density at radius 2 is 1.50 bits per heavy atom. The minimum Gasteiger partial charge on any atom is -0.378 e. The zero-order valence-corrected chi connectivity index (χ0v) is 20.4. The van der Waals surface area contributed by atoms with Crippen LogP contribution in [-0.2, 0) is 27.2 Å². The first-order chi connectivity index (χ1) is 17.3. The maximum atomic E-state index is 13.3. The Morgan fingerprint density at radius 1 is 0.806 bits per heavy atom. The van der Waals surface area contributed by atoms with E-state index in [2.05, 4.69) is 17.2 Å². The highest BCUT2D eigenvalue weighted by molar-refractivity contribution is 5.91. The third kappa shape index (κ3) is 7.98. The molecular weight excluding hydrogens is 452 g/mol. The minimum atomic E-state index is -0.874. The average Bonchev–Trinajstić information content (AvgIpc) is 2.87. The molecule has 0 saturated carbocycles. The van der Waals surface area contributed by atoms with E-state index < -0.39 is 23.9 Å². The summed E-state index contributed by atoms with van der Waals surface area (Å²) >= 11 is 0. The van der Waals surface area contributed by atoms with E-state index in [-0.39, 0.29) is 18.7 Å². The number of allylic oxidation sites excluding steroid dienone is 1. The number of hydrogen-bond acceptors (Lipinski definition) is 4. The van der Waals surface area contributed by atoms with Gasteiger partial charge in [-0.15, -0.1) is 0 Å². The molecule has 0 aliphatic rings. The van der Waals surface area contributed by atoms with Crippen molar-refractivity contribution in [3.05, 3.63) is 96.2 Å². The van der Waals surface area contributed by atoms with Crippen molar-refractivity contribution in [2.24, 2.45) is 11.5 Å². The summed E-state index contributed by atoms with van der Waals surface area (Å²) in [6.07, 6.45) is 2.79. The molecule has 0 unspecified atom stereocenters. The van der Waals surface area contributed by atoms with Crippen LogP contribution < -0.4 is 22.1 Å². The number of aryl methyl sites for hydroxylation is 1. The highest BCUT2D eigenvalue weighted by Gasteiger charge is 2.25. The van der Waals surface area contributed by atoms with Gasteiger partial charge in [0.2, 0.25) is 17.7 Å². The van der Waals surface area contributed by atoms with Gasteiger partial charge in [0.05, 0.1) is 0 Å². The van der Waals surface area contributed by atoms with Gasteiger partial charge in [0, 0.05) is 18.5 Å². The SMILES string of the molecule is C=C(CCC(N)=O)N[C@H](CCCc1ccccc1)C(=O)N[C@@H](Cc1cccc2ccccc12)C(N)=O. The fraction of sp³-hybridized carbons (Fsp3) is 0.276. The lowest BCUT2D eigenvalue weighted by atomic mass is 9.98. The van der Waals surface area contributed by atoms with Crippen LogP contribution >= 0.6 is 0 Å². The predicted octanol–water partition coefficient (Wildman–Crippen LogP) is 3.11. The number of benzene rings is 3. The highest BCUT2D eigenvalue weighted by atomic mass is 16.2. The van der Waals surface area contributed by atoms with Gasteiger partial charge in [0.25, 0.3) is 0 Å². The number of carbonyl (C=O) groups excluding carboxylic acids is 3. The number of primary amides is 2. The van der Waals surface area contributed by atoms with Gasteiger partial charge in [0.15, 0.2) is 0 Å². The van der Waals surface area contributed by atoms with Crippen LogP contribution in [0.4, 0.5) is 0 Å². The second kappa shape index (κ2) is 13.1. The molecule has 0 radical (unpaired) electrons. The van der Waals surface area contributed by atoms with Gasteiger partial charge in [-0.05, 0) is 47.6 Å². The fourth-order valence-corrected chi connectivity index (χ4v) is 4.20. The quantitative estimate of drug-likeness (QED) is 0.279. The van der Waals surface area contributed by atoms with Gasteiger partial charge in [-0.2, -0.15) is 0 Å². The molecule has 6 N–H and O–H groups in total. The Bertz CT molecular complexity index is 1200. The monoisotopic (exact) mass is 486 g/mol. The zero-order valence-electron chi connectivity index (χ0n) is 20.4. The Morgan fingerprint density at radius 3 is 2.22 bits per heavy atom. The first kappa shape index (κ1) is 26.5. The van der Waals surface area contributed by atoms with Gasteiger partial charge >= 0.3 is 0 Å². The van der Waals surface area contributed by atoms with Gasteiger partial charge in [-0.3, -0.25) is 14.4 Å². The average molecular weight is 487 g/mol. The van der Waals surface area contributed by atoms with E-state index >= 15 is 0 Å². The first-order valence-electron chi connectivity index (χ1n) is 12.2. The number of rotatable bonds is 14. The lowest BCUT2D eigenvalue weighted by molar-refractivity contribution is -0.128. The number of hydrogen-bond donors (Lipinski definition) is 4. The van der Waals surface area contributed by atoms with Crippen molar-refractivity contribution in [2.75, 3.05) is 0 Å². The van der Waals surface area contributed by atoms with Crippen molar-refractivity contribution in [1.82, 2.24) is 10.6 Å². The van der Waals surface area contributed by atoms with E-state index in [9.17, 15) is 14.4 Å². The molecule has 7 heteroatoms. The molecule has 3 rings (SSSR count). The molecule has 0 spiro atoms. The number of fused-ring (bicyclic) bond motifs is 1. The molecule has 7 nitrogen and oxygen atoms in total.